The van der Waals surface area contributed by atoms with Gasteiger partial charge in [0.15, 0.2) is 0 Å². The average molecular weight is 368 g/mol. The van der Waals surface area contributed by atoms with E-state index >= 15 is 0 Å². The Morgan fingerprint density at radius 1 is 1.38 bits per heavy atom. The molecule has 1 aromatic carbocycles. The lowest BCUT2D eigenvalue weighted by Crippen LogP contribution is -2.42. The minimum atomic E-state index is -1.41. The fraction of sp³-hybridized carbons (Fsp3) is 0.650. The molecule has 1 rings (SSSR count). The van der Waals surface area contributed by atoms with E-state index in [4.69, 9.17) is 5.73 Å². The fourth-order valence-corrected chi connectivity index (χ4v) is 3.00. The minimum Gasteiger partial charge on any atom is -0.375 e. The van der Waals surface area contributed by atoms with E-state index in [1.165, 1.54) is 6.92 Å². The van der Waals surface area contributed by atoms with Gasteiger partial charge in [-0.3, -0.25) is 10.1 Å². The summed E-state index contributed by atoms with van der Waals surface area (Å²) in [7, 11) is 0. The summed E-state index contributed by atoms with van der Waals surface area (Å²) in [6.45, 7) is 8.06. The molecule has 0 radical (unpaired) electrons. The first-order chi connectivity index (χ1) is 12.3. The standard InChI is InChI=1S/C20H34FN3O2/c1-5-7-8-18(6-2)24(13-25)12-17-10-9-16(11-14(17)3)19(22)23-20(26)15(4)21/h9-11,13,15,18-20,23,26H,5-8,12,22H2,1-4H3. The summed E-state index contributed by atoms with van der Waals surface area (Å²) in [6, 6.07) is 5.96. The van der Waals surface area contributed by atoms with Gasteiger partial charge in [-0.1, -0.05) is 44.9 Å². The minimum absolute atomic E-state index is 0.247. The van der Waals surface area contributed by atoms with Gasteiger partial charge in [0.1, 0.15) is 12.4 Å². The largest absolute Gasteiger partial charge is 0.375 e. The van der Waals surface area contributed by atoms with Gasteiger partial charge in [0.25, 0.3) is 0 Å². The van der Waals surface area contributed by atoms with Crippen molar-refractivity contribution < 1.29 is 14.3 Å². The van der Waals surface area contributed by atoms with Crippen LogP contribution < -0.4 is 11.1 Å². The van der Waals surface area contributed by atoms with Crippen LogP contribution in [0.2, 0.25) is 0 Å². The van der Waals surface area contributed by atoms with Gasteiger partial charge < -0.3 is 15.7 Å². The molecule has 5 nitrogen and oxygen atoms in total. The van der Waals surface area contributed by atoms with Gasteiger partial charge in [-0.15, -0.1) is 0 Å². The monoisotopic (exact) mass is 367 g/mol. The number of benzene rings is 1. The van der Waals surface area contributed by atoms with Crippen LogP contribution in [0.3, 0.4) is 0 Å². The Labute approximate surface area is 156 Å². The maximum atomic E-state index is 13.1. The number of carbonyl (C=O) groups is 1. The molecule has 0 saturated carbocycles. The first-order valence-corrected chi connectivity index (χ1v) is 9.48. The van der Waals surface area contributed by atoms with E-state index in [-0.39, 0.29) is 6.04 Å². The van der Waals surface area contributed by atoms with Crippen molar-refractivity contribution in [2.75, 3.05) is 0 Å². The number of aliphatic hydroxyl groups excluding tert-OH is 1. The van der Waals surface area contributed by atoms with E-state index in [1.807, 2.05) is 30.0 Å². The number of alkyl halides is 1. The first kappa shape index (κ1) is 22.5. The summed E-state index contributed by atoms with van der Waals surface area (Å²) < 4.78 is 13.1. The van der Waals surface area contributed by atoms with E-state index in [0.717, 1.165) is 48.8 Å². The van der Waals surface area contributed by atoms with Crippen LogP contribution in [0.15, 0.2) is 18.2 Å². The number of halogens is 1. The molecule has 0 aliphatic heterocycles. The number of amides is 1. The van der Waals surface area contributed by atoms with Crippen molar-refractivity contribution in [3.8, 4) is 0 Å². The zero-order valence-electron chi connectivity index (χ0n) is 16.4. The van der Waals surface area contributed by atoms with Gasteiger partial charge >= 0.3 is 0 Å². The molecular weight excluding hydrogens is 333 g/mol. The van der Waals surface area contributed by atoms with Crippen LogP contribution >= 0.6 is 0 Å². The Kier molecular flexibility index (Phi) is 9.76. The molecule has 0 heterocycles. The third kappa shape index (κ3) is 6.67. The van der Waals surface area contributed by atoms with Crippen LogP contribution in [-0.2, 0) is 11.3 Å². The van der Waals surface area contributed by atoms with Gasteiger partial charge in [-0.05, 0) is 43.4 Å². The highest BCUT2D eigenvalue weighted by Crippen LogP contribution is 2.20. The van der Waals surface area contributed by atoms with Gasteiger partial charge in [-0.2, -0.15) is 0 Å². The van der Waals surface area contributed by atoms with Crippen LogP contribution in [0.4, 0.5) is 4.39 Å². The number of hydrogen-bond donors (Lipinski definition) is 3. The van der Waals surface area contributed by atoms with Crippen molar-refractivity contribution in [3.63, 3.8) is 0 Å². The number of rotatable bonds is 12. The smallest absolute Gasteiger partial charge is 0.210 e. The molecule has 1 aromatic rings. The average Bonchev–Trinajstić information content (AvgIpc) is 2.62. The molecule has 0 aliphatic rings. The highest BCUT2D eigenvalue weighted by Gasteiger charge is 2.18. The maximum absolute atomic E-state index is 13.1. The highest BCUT2D eigenvalue weighted by molar-refractivity contribution is 5.48. The van der Waals surface area contributed by atoms with Crippen molar-refractivity contribution in [2.24, 2.45) is 5.73 Å². The van der Waals surface area contributed by atoms with Crippen molar-refractivity contribution >= 4 is 6.41 Å². The number of nitrogens with zero attached hydrogens (tertiary/aromatic N) is 1. The normalized spacial score (nSPS) is 16.0. The lowest BCUT2D eigenvalue weighted by Gasteiger charge is -2.28. The number of unbranched alkanes of at least 4 members (excludes halogenated alkanes) is 1. The summed E-state index contributed by atoms with van der Waals surface area (Å²) in [5, 5.41) is 12.2. The van der Waals surface area contributed by atoms with Crippen molar-refractivity contribution in [2.45, 2.75) is 84.5 Å². The third-order valence-corrected chi connectivity index (χ3v) is 4.83. The second-order valence-electron chi connectivity index (χ2n) is 6.93. The Bertz CT molecular complexity index is 554. The number of aliphatic hydroxyl groups is 1. The quantitative estimate of drug-likeness (QED) is 0.392. The molecule has 0 aliphatic carbocycles. The van der Waals surface area contributed by atoms with Crippen LogP contribution in [0.25, 0.3) is 0 Å². The summed E-state index contributed by atoms with van der Waals surface area (Å²) in [6.07, 6.45) is 1.73. The van der Waals surface area contributed by atoms with E-state index in [9.17, 15) is 14.3 Å². The van der Waals surface area contributed by atoms with Crippen LogP contribution in [-0.4, -0.2) is 34.9 Å². The van der Waals surface area contributed by atoms with Crippen molar-refractivity contribution in [1.29, 1.82) is 0 Å². The van der Waals surface area contributed by atoms with E-state index in [1.54, 1.807) is 0 Å². The first-order valence-electron chi connectivity index (χ1n) is 9.48. The second kappa shape index (κ2) is 11.3. The SMILES string of the molecule is CCCCC(CC)N(C=O)Cc1ccc(C(N)NC(O)C(C)F)cc1C. The number of hydrogen-bond acceptors (Lipinski definition) is 4. The van der Waals surface area contributed by atoms with Gasteiger partial charge in [0.05, 0.1) is 6.17 Å². The molecule has 4 N–H and O–H groups in total. The van der Waals surface area contributed by atoms with Crippen LogP contribution in [0.5, 0.6) is 0 Å². The Morgan fingerprint density at radius 3 is 2.58 bits per heavy atom. The summed E-state index contributed by atoms with van der Waals surface area (Å²) in [5.41, 5.74) is 8.84. The van der Waals surface area contributed by atoms with E-state index < -0.39 is 18.6 Å². The maximum Gasteiger partial charge on any atom is 0.210 e. The second-order valence-corrected chi connectivity index (χ2v) is 6.93. The Morgan fingerprint density at radius 2 is 2.08 bits per heavy atom. The summed E-state index contributed by atoms with van der Waals surface area (Å²) >= 11 is 0. The number of nitrogens with one attached hydrogen (secondary N) is 1. The number of carbonyl (C=O) groups excluding carboxylic acids is 1. The van der Waals surface area contributed by atoms with E-state index in [0.29, 0.717) is 6.54 Å². The molecule has 4 unspecified atom stereocenters. The molecule has 0 aromatic heterocycles. The molecule has 26 heavy (non-hydrogen) atoms. The van der Waals surface area contributed by atoms with E-state index in [2.05, 4.69) is 19.2 Å². The lowest BCUT2D eigenvalue weighted by molar-refractivity contribution is -0.121. The zero-order chi connectivity index (χ0) is 19.7. The molecule has 4 atom stereocenters. The zero-order valence-corrected chi connectivity index (χ0v) is 16.4. The predicted molar refractivity (Wildman–Crippen MR) is 103 cm³/mol. The summed E-state index contributed by atoms with van der Waals surface area (Å²) in [4.78, 5) is 13.4. The molecule has 0 saturated heterocycles. The van der Waals surface area contributed by atoms with Crippen LogP contribution in [0, 0.1) is 6.92 Å². The summed E-state index contributed by atoms with van der Waals surface area (Å²) in [5.74, 6) is 0. The van der Waals surface area contributed by atoms with Crippen molar-refractivity contribution in [1.82, 2.24) is 10.2 Å². The number of nitrogens with two attached hydrogens (primary N) is 1. The third-order valence-electron chi connectivity index (χ3n) is 4.83. The van der Waals surface area contributed by atoms with Crippen molar-refractivity contribution in [3.05, 3.63) is 34.9 Å². The highest BCUT2D eigenvalue weighted by atomic mass is 19.1. The number of aryl methyl sites for hydroxylation is 1. The van der Waals surface area contributed by atoms with Gasteiger partial charge in [-0.25, -0.2) is 4.39 Å². The predicted octanol–water partition coefficient (Wildman–Crippen LogP) is 3.15. The van der Waals surface area contributed by atoms with Gasteiger partial charge in [0, 0.05) is 12.6 Å². The molecule has 0 fully saturated rings. The Balaban J connectivity index is 2.83. The lowest BCUT2D eigenvalue weighted by atomic mass is 10.0. The molecule has 6 heteroatoms. The Hall–Kier alpha value is -1.50. The van der Waals surface area contributed by atoms with Crippen LogP contribution in [0.1, 0.15) is 69.3 Å². The topological polar surface area (TPSA) is 78.6 Å². The molecule has 1 amide bonds. The molecular formula is C20H34FN3O2. The fourth-order valence-electron chi connectivity index (χ4n) is 3.00. The van der Waals surface area contributed by atoms with Gasteiger partial charge in [0.2, 0.25) is 6.41 Å². The molecule has 0 spiro atoms. The molecule has 0 bridgehead atoms. The molecule has 148 valence electrons.